The van der Waals surface area contributed by atoms with Gasteiger partial charge in [-0.2, -0.15) is 0 Å². The fraction of sp³-hybridized carbons (Fsp3) is 0.111. The minimum atomic E-state index is -0.541. The SMILES string of the molecule is COc1ccc(NC(=O)Nc2cc(C)nc3ccccc23)cc1F. The van der Waals surface area contributed by atoms with Crippen LogP contribution in [0.1, 0.15) is 5.69 Å². The van der Waals surface area contributed by atoms with Gasteiger partial charge in [0.05, 0.1) is 18.3 Å². The highest BCUT2D eigenvalue weighted by atomic mass is 19.1. The van der Waals surface area contributed by atoms with Crippen molar-refractivity contribution in [1.29, 1.82) is 0 Å². The summed E-state index contributed by atoms with van der Waals surface area (Å²) in [4.78, 5) is 16.6. The van der Waals surface area contributed by atoms with E-state index in [1.165, 1.54) is 19.2 Å². The Labute approximate surface area is 138 Å². The van der Waals surface area contributed by atoms with E-state index in [-0.39, 0.29) is 5.75 Å². The van der Waals surface area contributed by atoms with E-state index in [9.17, 15) is 9.18 Å². The zero-order chi connectivity index (χ0) is 17.1. The summed E-state index contributed by atoms with van der Waals surface area (Å²) in [5.74, 6) is -0.419. The third-order valence-electron chi connectivity index (χ3n) is 3.50. The molecule has 24 heavy (non-hydrogen) atoms. The molecule has 0 spiro atoms. The number of nitrogens with zero attached hydrogens (tertiary/aromatic N) is 1. The molecule has 1 heterocycles. The van der Waals surface area contributed by atoms with Crippen LogP contribution in [-0.2, 0) is 0 Å². The molecule has 0 saturated heterocycles. The molecule has 0 aliphatic rings. The Morgan fingerprint density at radius 2 is 1.92 bits per heavy atom. The van der Waals surface area contributed by atoms with E-state index in [2.05, 4.69) is 15.6 Å². The minimum Gasteiger partial charge on any atom is -0.494 e. The number of para-hydroxylation sites is 1. The van der Waals surface area contributed by atoms with Crippen LogP contribution in [0.25, 0.3) is 10.9 Å². The lowest BCUT2D eigenvalue weighted by Gasteiger charge is -2.11. The van der Waals surface area contributed by atoms with Gasteiger partial charge in [-0.3, -0.25) is 4.98 Å². The number of fused-ring (bicyclic) bond motifs is 1. The summed E-state index contributed by atoms with van der Waals surface area (Å²) in [5, 5.41) is 6.21. The molecule has 0 atom stereocenters. The molecular weight excluding hydrogens is 309 g/mol. The van der Waals surface area contributed by atoms with Crippen molar-refractivity contribution >= 4 is 28.3 Å². The van der Waals surface area contributed by atoms with Gasteiger partial charge in [0.25, 0.3) is 0 Å². The fourth-order valence-corrected chi connectivity index (χ4v) is 2.44. The Morgan fingerprint density at radius 3 is 2.67 bits per heavy atom. The first-order valence-electron chi connectivity index (χ1n) is 7.35. The van der Waals surface area contributed by atoms with Crippen LogP contribution in [0.4, 0.5) is 20.6 Å². The van der Waals surface area contributed by atoms with Gasteiger partial charge in [0, 0.05) is 22.8 Å². The Balaban J connectivity index is 1.81. The fourth-order valence-electron chi connectivity index (χ4n) is 2.44. The van der Waals surface area contributed by atoms with E-state index in [0.717, 1.165) is 16.6 Å². The van der Waals surface area contributed by atoms with Crippen molar-refractivity contribution in [2.45, 2.75) is 6.92 Å². The van der Waals surface area contributed by atoms with E-state index >= 15 is 0 Å². The number of hydrogen-bond donors (Lipinski definition) is 2. The van der Waals surface area contributed by atoms with Crippen molar-refractivity contribution in [3.8, 4) is 5.75 Å². The summed E-state index contributed by atoms with van der Waals surface area (Å²) in [5.41, 5.74) is 2.56. The average Bonchev–Trinajstić information content (AvgIpc) is 2.54. The van der Waals surface area contributed by atoms with Crippen molar-refractivity contribution in [3.63, 3.8) is 0 Å². The Morgan fingerprint density at radius 1 is 1.12 bits per heavy atom. The molecule has 2 N–H and O–H groups in total. The van der Waals surface area contributed by atoms with Crippen LogP contribution in [0.5, 0.6) is 5.75 Å². The van der Waals surface area contributed by atoms with Crippen molar-refractivity contribution < 1.29 is 13.9 Å². The highest BCUT2D eigenvalue weighted by molar-refractivity contribution is 6.05. The molecule has 3 rings (SSSR count). The molecule has 2 amide bonds. The maximum absolute atomic E-state index is 13.7. The van der Waals surface area contributed by atoms with Gasteiger partial charge in [0.1, 0.15) is 0 Å². The quantitative estimate of drug-likeness (QED) is 0.753. The second-order valence-electron chi connectivity index (χ2n) is 5.26. The molecule has 0 unspecified atom stereocenters. The number of amides is 2. The number of hydrogen-bond acceptors (Lipinski definition) is 3. The van der Waals surface area contributed by atoms with Gasteiger partial charge in [-0.15, -0.1) is 0 Å². The van der Waals surface area contributed by atoms with Crippen molar-refractivity contribution in [1.82, 2.24) is 4.98 Å². The number of anilines is 2. The number of pyridine rings is 1. The lowest BCUT2D eigenvalue weighted by Crippen LogP contribution is -2.19. The van der Waals surface area contributed by atoms with Crippen molar-refractivity contribution in [3.05, 3.63) is 60.0 Å². The first-order valence-corrected chi connectivity index (χ1v) is 7.35. The number of halogens is 1. The van der Waals surface area contributed by atoms with Crippen LogP contribution in [0.2, 0.25) is 0 Å². The van der Waals surface area contributed by atoms with Gasteiger partial charge >= 0.3 is 6.03 Å². The van der Waals surface area contributed by atoms with Crippen LogP contribution >= 0.6 is 0 Å². The van der Waals surface area contributed by atoms with Crippen molar-refractivity contribution in [2.24, 2.45) is 0 Å². The van der Waals surface area contributed by atoms with Crippen LogP contribution in [0.3, 0.4) is 0 Å². The van der Waals surface area contributed by atoms with Gasteiger partial charge in [-0.25, -0.2) is 9.18 Å². The molecule has 2 aromatic carbocycles. The number of benzene rings is 2. The zero-order valence-corrected chi connectivity index (χ0v) is 13.3. The molecule has 0 aliphatic carbocycles. The Hall–Kier alpha value is -3.15. The number of nitrogens with one attached hydrogen (secondary N) is 2. The summed E-state index contributed by atoms with van der Waals surface area (Å²) in [6, 6.07) is 13.1. The second-order valence-corrected chi connectivity index (χ2v) is 5.26. The summed E-state index contributed by atoms with van der Waals surface area (Å²) in [6.07, 6.45) is 0. The molecular formula is C18H16FN3O2. The standard InChI is InChI=1S/C18H16FN3O2/c1-11-9-16(13-5-3-4-6-15(13)20-11)22-18(23)21-12-7-8-17(24-2)14(19)10-12/h3-10H,1-2H3,(H2,20,21,22,23). The molecule has 0 radical (unpaired) electrons. The second kappa shape index (κ2) is 6.54. The van der Waals surface area contributed by atoms with Gasteiger partial charge in [-0.05, 0) is 31.2 Å². The average molecular weight is 325 g/mol. The number of aryl methyl sites for hydroxylation is 1. The van der Waals surface area contributed by atoms with E-state index in [4.69, 9.17) is 4.74 Å². The lowest BCUT2D eigenvalue weighted by atomic mass is 10.1. The summed E-state index contributed by atoms with van der Waals surface area (Å²) >= 11 is 0. The third-order valence-corrected chi connectivity index (χ3v) is 3.50. The van der Waals surface area contributed by atoms with Crippen LogP contribution in [0.15, 0.2) is 48.5 Å². The van der Waals surface area contributed by atoms with E-state index in [1.807, 2.05) is 31.2 Å². The molecule has 3 aromatic rings. The maximum Gasteiger partial charge on any atom is 0.323 e. The maximum atomic E-state index is 13.7. The normalized spacial score (nSPS) is 10.5. The third kappa shape index (κ3) is 3.27. The smallest absolute Gasteiger partial charge is 0.323 e. The molecule has 122 valence electrons. The molecule has 0 bridgehead atoms. The highest BCUT2D eigenvalue weighted by Gasteiger charge is 2.09. The van der Waals surface area contributed by atoms with Gasteiger partial charge in [0.2, 0.25) is 0 Å². The largest absolute Gasteiger partial charge is 0.494 e. The number of methoxy groups -OCH3 is 1. The number of urea groups is 1. The number of carbonyl (C=O) groups is 1. The Kier molecular flexibility index (Phi) is 4.29. The van der Waals surface area contributed by atoms with Gasteiger partial charge < -0.3 is 15.4 Å². The van der Waals surface area contributed by atoms with Gasteiger partial charge in [-0.1, -0.05) is 18.2 Å². The van der Waals surface area contributed by atoms with Crippen LogP contribution in [-0.4, -0.2) is 18.1 Å². The minimum absolute atomic E-state index is 0.122. The van der Waals surface area contributed by atoms with E-state index < -0.39 is 11.8 Å². The molecule has 6 heteroatoms. The molecule has 1 aromatic heterocycles. The summed E-state index contributed by atoms with van der Waals surface area (Å²) < 4.78 is 18.5. The van der Waals surface area contributed by atoms with Gasteiger partial charge in [0.15, 0.2) is 11.6 Å². The summed E-state index contributed by atoms with van der Waals surface area (Å²) in [6.45, 7) is 1.86. The van der Waals surface area contributed by atoms with Crippen LogP contribution < -0.4 is 15.4 Å². The Bertz CT molecular complexity index is 912. The van der Waals surface area contributed by atoms with E-state index in [0.29, 0.717) is 11.4 Å². The molecule has 5 nitrogen and oxygen atoms in total. The van der Waals surface area contributed by atoms with Crippen LogP contribution in [0, 0.1) is 12.7 Å². The van der Waals surface area contributed by atoms with Crippen molar-refractivity contribution in [2.75, 3.05) is 17.7 Å². The lowest BCUT2D eigenvalue weighted by molar-refractivity contribution is 0.262. The zero-order valence-electron chi connectivity index (χ0n) is 13.3. The number of rotatable bonds is 3. The molecule has 0 fully saturated rings. The predicted octanol–water partition coefficient (Wildman–Crippen LogP) is 4.33. The molecule has 0 aliphatic heterocycles. The number of carbonyl (C=O) groups excluding carboxylic acids is 1. The molecule has 0 saturated carbocycles. The monoisotopic (exact) mass is 325 g/mol. The predicted molar refractivity (Wildman–Crippen MR) is 92.1 cm³/mol. The number of aromatic nitrogens is 1. The number of ether oxygens (including phenoxy) is 1. The topological polar surface area (TPSA) is 63.2 Å². The first-order chi connectivity index (χ1) is 11.6. The summed E-state index contributed by atoms with van der Waals surface area (Å²) in [7, 11) is 1.38. The highest BCUT2D eigenvalue weighted by Crippen LogP contribution is 2.24. The first kappa shape index (κ1) is 15.7. The van der Waals surface area contributed by atoms with E-state index in [1.54, 1.807) is 12.1 Å².